The summed E-state index contributed by atoms with van der Waals surface area (Å²) < 4.78 is 91.5. The first-order chi connectivity index (χ1) is 12.3. The molecule has 0 saturated carbocycles. The smallest absolute Gasteiger partial charge is 0.318 e. The van der Waals surface area contributed by atoms with Crippen molar-refractivity contribution in [3.63, 3.8) is 0 Å². The van der Waals surface area contributed by atoms with E-state index in [2.05, 4.69) is 10.2 Å². The maximum absolute atomic E-state index is 13.3. The van der Waals surface area contributed by atoms with Gasteiger partial charge in [0.2, 0.25) is 0 Å². The normalized spacial score (nSPS) is 13.1. The molecule has 0 atom stereocenters. The van der Waals surface area contributed by atoms with Crippen molar-refractivity contribution in [3.8, 4) is 0 Å². The zero-order valence-electron chi connectivity index (χ0n) is 14.0. The predicted molar refractivity (Wildman–Crippen MR) is 78.5 cm³/mol. The maximum atomic E-state index is 13.3. The number of hydrogen-bond donors (Lipinski definition) is 1. The van der Waals surface area contributed by atoms with Gasteiger partial charge in [-0.1, -0.05) is 0 Å². The molecular weight excluding hydrogens is 387 g/mol. The van der Waals surface area contributed by atoms with Crippen molar-refractivity contribution >= 4 is 11.6 Å². The van der Waals surface area contributed by atoms with Gasteiger partial charge >= 0.3 is 23.9 Å². The maximum Gasteiger partial charge on any atom is 0.460 e. The lowest BCUT2D eigenvalue weighted by Gasteiger charge is -2.26. The summed E-state index contributed by atoms with van der Waals surface area (Å²) in [6.07, 6.45) is -3.19. The van der Waals surface area contributed by atoms with Gasteiger partial charge in [0.05, 0.1) is 24.6 Å². The molecule has 150 valence electrons. The van der Waals surface area contributed by atoms with E-state index in [1.165, 1.54) is 16.2 Å². The quantitative estimate of drug-likeness (QED) is 0.756. The molecule has 2 aromatic rings. The van der Waals surface area contributed by atoms with Crippen LogP contribution < -0.4 is 5.32 Å². The molecule has 0 saturated heterocycles. The van der Waals surface area contributed by atoms with Gasteiger partial charge in [-0.15, -0.1) is 0 Å². The van der Waals surface area contributed by atoms with Gasteiger partial charge in [-0.3, -0.25) is 14.2 Å². The number of nitrogens with one attached hydrogen (secondary N) is 1. The minimum atomic E-state index is -6.59. The fourth-order valence-corrected chi connectivity index (χ4v) is 2.18. The van der Waals surface area contributed by atoms with E-state index in [1.807, 2.05) is 6.92 Å². The van der Waals surface area contributed by atoms with Gasteiger partial charge in [-0.25, -0.2) is 0 Å². The number of hydrogen-bond acceptors (Lipinski definition) is 3. The highest BCUT2D eigenvalue weighted by atomic mass is 19.4. The summed E-state index contributed by atoms with van der Waals surface area (Å²) in [6.45, 7) is 4.37. The molecule has 0 spiro atoms. The van der Waals surface area contributed by atoms with Crippen LogP contribution in [0.25, 0.3) is 0 Å². The number of amides is 1. The van der Waals surface area contributed by atoms with Crippen LogP contribution in [-0.4, -0.2) is 43.5 Å². The molecule has 0 fully saturated rings. The SMILES string of the molecule is CCn1ncc(Cn2cc(NC(=O)C(F)(F)C(F)(F)C(F)(F)F)cn2)c1C. The number of carbonyl (C=O) groups excluding carboxylic acids is 1. The van der Waals surface area contributed by atoms with Crippen molar-refractivity contribution < 1.29 is 35.5 Å². The van der Waals surface area contributed by atoms with Gasteiger partial charge in [0, 0.05) is 24.0 Å². The second-order valence-corrected chi connectivity index (χ2v) is 5.60. The number of nitrogens with zero attached hydrogens (tertiary/aromatic N) is 4. The van der Waals surface area contributed by atoms with E-state index in [-0.39, 0.29) is 6.54 Å². The summed E-state index contributed by atoms with van der Waals surface area (Å²) in [7, 11) is 0. The van der Waals surface area contributed by atoms with E-state index < -0.39 is 29.6 Å². The molecule has 13 heteroatoms. The van der Waals surface area contributed by atoms with E-state index in [9.17, 15) is 35.5 Å². The molecule has 1 N–H and O–H groups in total. The predicted octanol–water partition coefficient (Wildman–Crippen LogP) is 3.23. The first-order valence-electron chi connectivity index (χ1n) is 7.48. The summed E-state index contributed by atoms with van der Waals surface area (Å²) in [5, 5.41) is 9.15. The lowest BCUT2D eigenvalue weighted by atomic mass is 10.1. The first kappa shape index (κ1) is 20.7. The Kier molecular flexibility index (Phi) is 5.25. The van der Waals surface area contributed by atoms with E-state index in [0.717, 1.165) is 18.1 Å². The lowest BCUT2D eigenvalue weighted by Crippen LogP contribution is -2.57. The number of aryl methyl sites for hydroxylation is 1. The second kappa shape index (κ2) is 6.85. The van der Waals surface area contributed by atoms with Crippen LogP contribution in [-0.2, 0) is 17.9 Å². The third-order valence-corrected chi connectivity index (χ3v) is 3.76. The van der Waals surface area contributed by atoms with Crippen LogP contribution in [0.15, 0.2) is 18.6 Å². The number of alkyl halides is 7. The number of anilines is 1. The van der Waals surface area contributed by atoms with Crippen LogP contribution >= 0.6 is 0 Å². The summed E-state index contributed by atoms with van der Waals surface area (Å²) in [5.41, 5.74) is 1.06. The molecule has 0 aliphatic rings. The molecule has 27 heavy (non-hydrogen) atoms. The molecular formula is C14H14F7N5O. The first-order valence-corrected chi connectivity index (χ1v) is 7.48. The Morgan fingerprint density at radius 3 is 2.26 bits per heavy atom. The monoisotopic (exact) mass is 401 g/mol. The summed E-state index contributed by atoms with van der Waals surface area (Å²) in [5.74, 6) is -15.3. The fourth-order valence-electron chi connectivity index (χ4n) is 2.18. The number of carbonyl (C=O) groups is 1. The number of rotatable bonds is 6. The Labute approximate surface area is 147 Å². The van der Waals surface area contributed by atoms with E-state index in [4.69, 9.17) is 0 Å². The molecule has 0 radical (unpaired) electrons. The van der Waals surface area contributed by atoms with Gasteiger partial charge < -0.3 is 5.32 Å². The topological polar surface area (TPSA) is 64.7 Å². The van der Waals surface area contributed by atoms with Gasteiger partial charge in [0.25, 0.3) is 0 Å². The van der Waals surface area contributed by atoms with Crippen LogP contribution in [0.3, 0.4) is 0 Å². The molecule has 0 aliphatic heterocycles. The third kappa shape index (κ3) is 3.76. The molecule has 1 amide bonds. The average molecular weight is 401 g/mol. The molecule has 2 rings (SSSR count). The molecule has 0 aliphatic carbocycles. The minimum Gasteiger partial charge on any atom is -0.318 e. The number of aromatic nitrogens is 4. The summed E-state index contributed by atoms with van der Waals surface area (Å²) >= 11 is 0. The van der Waals surface area contributed by atoms with Crippen LogP contribution in [0.5, 0.6) is 0 Å². The van der Waals surface area contributed by atoms with E-state index >= 15 is 0 Å². The van der Waals surface area contributed by atoms with E-state index in [0.29, 0.717) is 12.1 Å². The van der Waals surface area contributed by atoms with Crippen molar-refractivity contribution in [3.05, 3.63) is 29.8 Å². The summed E-state index contributed by atoms with van der Waals surface area (Å²) in [4.78, 5) is 11.3. The fraction of sp³-hybridized carbons (Fsp3) is 0.500. The van der Waals surface area contributed by atoms with Crippen LogP contribution in [0, 0.1) is 6.92 Å². The summed E-state index contributed by atoms with van der Waals surface area (Å²) in [6, 6.07) is 0. The molecule has 0 bridgehead atoms. The molecule has 6 nitrogen and oxygen atoms in total. The van der Waals surface area contributed by atoms with Crippen LogP contribution in [0.4, 0.5) is 36.4 Å². The Balaban J connectivity index is 2.13. The zero-order valence-corrected chi connectivity index (χ0v) is 14.0. The van der Waals surface area contributed by atoms with Gasteiger partial charge in [0.15, 0.2) is 0 Å². The van der Waals surface area contributed by atoms with Crippen LogP contribution in [0.1, 0.15) is 18.2 Å². The largest absolute Gasteiger partial charge is 0.460 e. The van der Waals surface area contributed by atoms with Crippen molar-refractivity contribution in [2.75, 3.05) is 5.32 Å². The van der Waals surface area contributed by atoms with Crippen LogP contribution in [0.2, 0.25) is 0 Å². The van der Waals surface area contributed by atoms with Crippen molar-refractivity contribution in [1.29, 1.82) is 0 Å². The Hall–Kier alpha value is -2.60. The minimum absolute atomic E-state index is 0.122. The highest BCUT2D eigenvalue weighted by molar-refractivity contribution is 5.96. The highest BCUT2D eigenvalue weighted by Gasteiger charge is 2.76. The molecule has 0 unspecified atom stereocenters. The Morgan fingerprint density at radius 1 is 1.11 bits per heavy atom. The van der Waals surface area contributed by atoms with Crippen molar-refractivity contribution in [2.24, 2.45) is 0 Å². The van der Waals surface area contributed by atoms with Gasteiger partial charge in [-0.05, 0) is 13.8 Å². The highest BCUT2D eigenvalue weighted by Crippen LogP contribution is 2.46. The lowest BCUT2D eigenvalue weighted by molar-refractivity contribution is -0.343. The average Bonchev–Trinajstić information content (AvgIpc) is 3.13. The molecule has 2 heterocycles. The van der Waals surface area contributed by atoms with Crippen molar-refractivity contribution in [1.82, 2.24) is 19.6 Å². The van der Waals surface area contributed by atoms with Gasteiger partial charge in [0.1, 0.15) is 0 Å². The number of halogens is 7. The standard InChI is InChI=1S/C14H14F7N5O/c1-3-26-8(2)9(4-23-26)6-25-7-10(5-22-25)24-11(27)12(15,16)13(17,18)14(19,20)21/h4-5,7H,3,6H2,1-2H3,(H,24,27). The Bertz CT molecular complexity index is 824. The van der Waals surface area contributed by atoms with Gasteiger partial charge in [-0.2, -0.15) is 40.9 Å². The zero-order chi connectivity index (χ0) is 20.6. The molecule has 0 aromatic carbocycles. The third-order valence-electron chi connectivity index (χ3n) is 3.76. The Morgan fingerprint density at radius 2 is 1.74 bits per heavy atom. The second-order valence-electron chi connectivity index (χ2n) is 5.60. The van der Waals surface area contributed by atoms with E-state index in [1.54, 1.807) is 11.6 Å². The van der Waals surface area contributed by atoms with Crippen molar-refractivity contribution in [2.45, 2.75) is 45.0 Å². The molecule has 2 aromatic heterocycles.